The normalized spacial score (nSPS) is 21.1. The summed E-state index contributed by atoms with van der Waals surface area (Å²) in [5, 5.41) is 9.00. The summed E-state index contributed by atoms with van der Waals surface area (Å²) in [5.41, 5.74) is 4.45. The van der Waals surface area contributed by atoms with Crippen LogP contribution in [-0.2, 0) is 20.8 Å². The molecule has 0 radical (unpaired) electrons. The van der Waals surface area contributed by atoms with Gasteiger partial charge < -0.3 is 20.9 Å². The molecule has 3 aromatic rings. The van der Waals surface area contributed by atoms with Crippen molar-refractivity contribution in [2.45, 2.75) is 37.9 Å². The highest BCUT2D eigenvalue weighted by Crippen LogP contribution is 2.39. The molecule has 0 bridgehead atoms. The van der Waals surface area contributed by atoms with E-state index in [1.807, 2.05) is 79.7 Å². The molecule has 0 aliphatic carbocycles. The Kier molecular flexibility index (Phi) is 5.55. The maximum atomic E-state index is 13.5. The first-order chi connectivity index (χ1) is 16.8. The number of nitrogens with zero attached hydrogens (tertiary/aromatic N) is 1. The number of fused-ring (bicyclic) bond motifs is 4. The molecule has 5 rings (SSSR count). The number of benzene rings is 3. The standard InChI is InChI=1S/C28H28N4O3/c1-17(29-27(35)28(2)16-18-10-4-8-14-22(18)31-28)25(33)30-24-21-13-6-5-11-19(21)20-12-7-9-15-23(20)32(3)26(24)34/h4-15,17,24,31H,16H2,1-3H3,(H,29,35)(H,30,33)/t17-,24+,28?/m0/s1. The van der Waals surface area contributed by atoms with Crippen molar-refractivity contribution in [3.63, 3.8) is 0 Å². The zero-order valence-corrected chi connectivity index (χ0v) is 20.0. The fraction of sp³-hybridized carbons (Fsp3) is 0.250. The van der Waals surface area contributed by atoms with E-state index >= 15 is 0 Å². The maximum absolute atomic E-state index is 13.5. The second kappa shape index (κ2) is 8.58. The van der Waals surface area contributed by atoms with Crippen LogP contribution in [0.2, 0.25) is 0 Å². The monoisotopic (exact) mass is 468 g/mol. The van der Waals surface area contributed by atoms with Gasteiger partial charge in [-0.15, -0.1) is 0 Å². The Hall–Kier alpha value is -4.13. The van der Waals surface area contributed by atoms with Crippen molar-refractivity contribution in [3.8, 4) is 11.1 Å². The average Bonchev–Trinajstić information content (AvgIpc) is 3.20. The third-order valence-electron chi connectivity index (χ3n) is 6.91. The Bertz CT molecular complexity index is 1310. The molecule has 7 heteroatoms. The third-order valence-corrected chi connectivity index (χ3v) is 6.91. The van der Waals surface area contributed by atoms with Crippen molar-refractivity contribution in [2.75, 3.05) is 17.3 Å². The number of carbonyl (C=O) groups excluding carboxylic acids is 3. The zero-order chi connectivity index (χ0) is 24.7. The second-order valence-corrected chi connectivity index (χ2v) is 9.43. The van der Waals surface area contributed by atoms with E-state index in [9.17, 15) is 14.4 Å². The summed E-state index contributed by atoms with van der Waals surface area (Å²) in [4.78, 5) is 41.4. The van der Waals surface area contributed by atoms with Gasteiger partial charge >= 0.3 is 0 Å². The summed E-state index contributed by atoms with van der Waals surface area (Å²) in [7, 11) is 1.71. The number of rotatable bonds is 4. The second-order valence-electron chi connectivity index (χ2n) is 9.43. The lowest BCUT2D eigenvalue weighted by molar-refractivity contribution is -0.132. The minimum Gasteiger partial charge on any atom is -0.371 e. The van der Waals surface area contributed by atoms with Gasteiger partial charge in [-0.1, -0.05) is 60.7 Å². The third kappa shape index (κ3) is 3.93. The van der Waals surface area contributed by atoms with Crippen molar-refractivity contribution in [2.24, 2.45) is 0 Å². The van der Waals surface area contributed by atoms with E-state index < -0.39 is 23.5 Å². The fourth-order valence-corrected chi connectivity index (χ4v) is 4.92. The van der Waals surface area contributed by atoms with Crippen LogP contribution in [0.15, 0.2) is 72.8 Å². The van der Waals surface area contributed by atoms with E-state index in [0.717, 1.165) is 33.6 Å². The Morgan fingerprint density at radius 1 is 1.00 bits per heavy atom. The molecule has 35 heavy (non-hydrogen) atoms. The van der Waals surface area contributed by atoms with Crippen molar-refractivity contribution in [1.29, 1.82) is 0 Å². The fourth-order valence-electron chi connectivity index (χ4n) is 4.92. The molecule has 2 aliphatic heterocycles. The van der Waals surface area contributed by atoms with E-state index in [1.165, 1.54) is 0 Å². The summed E-state index contributed by atoms with van der Waals surface area (Å²) in [6, 6.07) is 21.3. The number of hydrogen-bond donors (Lipinski definition) is 3. The summed E-state index contributed by atoms with van der Waals surface area (Å²) in [5.74, 6) is -0.937. The van der Waals surface area contributed by atoms with Crippen LogP contribution in [0.1, 0.15) is 31.0 Å². The molecule has 7 nitrogen and oxygen atoms in total. The van der Waals surface area contributed by atoms with Crippen LogP contribution in [-0.4, -0.2) is 36.3 Å². The first-order valence-corrected chi connectivity index (χ1v) is 11.7. The van der Waals surface area contributed by atoms with E-state index in [-0.39, 0.29) is 11.8 Å². The lowest BCUT2D eigenvalue weighted by Crippen LogP contribution is -2.55. The number of para-hydroxylation sites is 2. The van der Waals surface area contributed by atoms with Crippen LogP contribution >= 0.6 is 0 Å². The minimum absolute atomic E-state index is 0.242. The maximum Gasteiger partial charge on any atom is 0.253 e. The predicted octanol–water partition coefficient (Wildman–Crippen LogP) is 3.42. The number of hydrogen-bond acceptors (Lipinski definition) is 4. The first kappa shape index (κ1) is 22.7. The summed E-state index contributed by atoms with van der Waals surface area (Å²) in [6.45, 7) is 3.45. The quantitative estimate of drug-likeness (QED) is 0.547. The minimum atomic E-state index is -0.875. The van der Waals surface area contributed by atoms with Crippen molar-refractivity contribution >= 4 is 29.1 Å². The van der Waals surface area contributed by atoms with Crippen LogP contribution in [0.3, 0.4) is 0 Å². The SMILES string of the molecule is C[C@H](NC(=O)C1(C)Cc2ccccc2N1)C(=O)N[C@H]1C(=O)N(C)c2ccccc2-c2ccccc21. The van der Waals surface area contributed by atoms with Gasteiger partial charge in [0.05, 0.1) is 5.69 Å². The average molecular weight is 469 g/mol. The van der Waals surface area contributed by atoms with E-state index in [0.29, 0.717) is 6.42 Å². The highest BCUT2D eigenvalue weighted by atomic mass is 16.2. The van der Waals surface area contributed by atoms with Crippen molar-refractivity contribution in [3.05, 3.63) is 83.9 Å². The van der Waals surface area contributed by atoms with Gasteiger partial charge in [0.2, 0.25) is 11.8 Å². The van der Waals surface area contributed by atoms with Crippen LogP contribution < -0.4 is 20.9 Å². The topological polar surface area (TPSA) is 90.5 Å². The Morgan fingerprint density at radius 2 is 1.66 bits per heavy atom. The largest absolute Gasteiger partial charge is 0.371 e. The molecule has 0 saturated carbocycles. The molecule has 3 aromatic carbocycles. The molecule has 0 aromatic heterocycles. The van der Waals surface area contributed by atoms with Crippen LogP contribution in [0, 0.1) is 0 Å². The molecular formula is C28H28N4O3. The van der Waals surface area contributed by atoms with Gasteiger partial charge in [0.15, 0.2) is 0 Å². The van der Waals surface area contributed by atoms with Crippen molar-refractivity contribution < 1.29 is 14.4 Å². The van der Waals surface area contributed by atoms with Gasteiger partial charge in [0.1, 0.15) is 17.6 Å². The zero-order valence-electron chi connectivity index (χ0n) is 20.0. The molecule has 178 valence electrons. The molecular weight excluding hydrogens is 440 g/mol. The van der Waals surface area contributed by atoms with E-state index in [1.54, 1.807) is 18.9 Å². The molecule has 3 atom stereocenters. The Balaban J connectivity index is 1.35. The van der Waals surface area contributed by atoms with E-state index in [4.69, 9.17) is 0 Å². The number of amides is 3. The van der Waals surface area contributed by atoms with Gasteiger partial charge in [0.25, 0.3) is 5.91 Å². The molecule has 2 aliphatic rings. The number of carbonyl (C=O) groups is 3. The Morgan fingerprint density at radius 3 is 2.43 bits per heavy atom. The highest BCUT2D eigenvalue weighted by molar-refractivity contribution is 6.06. The van der Waals surface area contributed by atoms with Crippen molar-refractivity contribution in [1.82, 2.24) is 10.6 Å². The molecule has 0 fully saturated rings. The number of nitrogens with one attached hydrogen (secondary N) is 3. The molecule has 0 spiro atoms. The lowest BCUT2D eigenvalue weighted by atomic mass is 9.95. The van der Waals surface area contributed by atoms with Gasteiger partial charge in [-0.25, -0.2) is 0 Å². The molecule has 3 N–H and O–H groups in total. The molecule has 2 heterocycles. The summed E-state index contributed by atoms with van der Waals surface area (Å²) >= 11 is 0. The van der Waals surface area contributed by atoms with E-state index in [2.05, 4.69) is 16.0 Å². The number of likely N-dealkylation sites (N-methyl/N-ethyl adjacent to an activating group) is 1. The summed E-state index contributed by atoms with van der Waals surface area (Å²) in [6.07, 6.45) is 0.529. The molecule has 1 unspecified atom stereocenters. The molecule has 0 saturated heterocycles. The Labute approximate surface area is 204 Å². The highest BCUT2D eigenvalue weighted by Gasteiger charge is 2.40. The van der Waals surface area contributed by atoms with Gasteiger partial charge in [-0.3, -0.25) is 14.4 Å². The number of anilines is 2. The summed E-state index contributed by atoms with van der Waals surface area (Å²) < 4.78 is 0. The van der Waals surface area contributed by atoms with Crippen LogP contribution in [0.5, 0.6) is 0 Å². The lowest BCUT2D eigenvalue weighted by Gasteiger charge is -2.27. The first-order valence-electron chi connectivity index (χ1n) is 11.7. The van der Waals surface area contributed by atoms with Gasteiger partial charge in [0, 0.05) is 24.7 Å². The molecule has 3 amide bonds. The van der Waals surface area contributed by atoms with Gasteiger partial charge in [-0.05, 0) is 42.7 Å². The van der Waals surface area contributed by atoms with Crippen LogP contribution in [0.25, 0.3) is 11.1 Å². The predicted molar refractivity (Wildman–Crippen MR) is 136 cm³/mol. The van der Waals surface area contributed by atoms with Crippen LogP contribution in [0.4, 0.5) is 11.4 Å². The van der Waals surface area contributed by atoms with Gasteiger partial charge in [-0.2, -0.15) is 0 Å². The smallest absolute Gasteiger partial charge is 0.253 e.